The summed E-state index contributed by atoms with van der Waals surface area (Å²) in [6.07, 6.45) is 5.56. The van der Waals surface area contributed by atoms with Crippen LogP contribution in [0.5, 0.6) is 0 Å². The highest BCUT2D eigenvalue weighted by Gasteiger charge is 2.30. The zero-order chi connectivity index (χ0) is 15.4. The van der Waals surface area contributed by atoms with Crippen LogP contribution in [0.15, 0.2) is 0 Å². The number of rotatable bonds is 5. The summed E-state index contributed by atoms with van der Waals surface area (Å²) in [5.74, 6) is 3.66. The number of hydrogen-bond donors (Lipinski definition) is 0. The summed E-state index contributed by atoms with van der Waals surface area (Å²) in [6, 6.07) is 0.773. The molecule has 0 N–H and O–H groups in total. The number of piperidine rings is 2. The predicted octanol–water partition coefficient (Wildman–Crippen LogP) is 4.11. The standard InChI is InChI=1S/C19H38N2/c1-6-17(5)21-12-9-19(16(4)13-21)14-20-10-7-18(8-11-20)15(2)3/h15-19H,6-14H2,1-5H3/t16-,17?,19+/m1/s1. The van der Waals surface area contributed by atoms with Crippen molar-refractivity contribution in [2.24, 2.45) is 23.7 Å². The van der Waals surface area contributed by atoms with Gasteiger partial charge in [0.1, 0.15) is 0 Å². The van der Waals surface area contributed by atoms with Crippen LogP contribution >= 0.6 is 0 Å². The van der Waals surface area contributed by atoms with Crippen molar-refractivity contribution in [3.8, 4) is 0 Å². The SMILES string of the molecule is CCC(C)N1CC[C@@H](CN2CCC(C(C)C)CC2)[C@H](C)C1. The Bertz CT molecular complexity index is 294. The topological polar surface area (TPSA) is 6.48 Å². The van der Waals surface area contributed by atoms with Crippen LogP contribution in [-0.4, -0.2) is 48.6 Å². The quantitative estimate of drug-likeness (QED) is 0.753. The summed E-state index contributed by atoms with van der Waals surface area (Å²) in [5, 5.41) is 0. The summed E-state index contributed by atoms with van der Waals surface area (Å²) in [6.45, 7) is 18.7. The molecule has 21 heavy (non-hydrogen) atoms. The Balaban J connectivity index is 1.75. The minimum absolute atomic E-state index is 0.773. The lowest BCUT2D eigenvalue weighted by atomic mass is 9.83. The molecule has 2 nitrogen and oxygen atoms in total. The summed E-state index contributed by atoms with van der Waals surface area (Å²) in [5.41, 5.74) is 0. The summed E-state index contributed by atoms with van der Waals surface area (Å²) in [7, 11) is 0. The fourth-order valence-corrected chi connectivity index (χ4v) is 4.29. The number of likely N-dealkylation sites (tertiary alicyclic amines) is 2. The third-order valence-corrected chi connectivity index (χ3v) is 6.40. The molecule has 2 aliphatic rings. The smallest absolute Gasteiger partial charge is 0.00644 e. The summed E-state index contributed by atoms with van der Waals surface area (Å²) in [4.78, 5) is 5.48. The Hall–Kier alpha value is -0.0800. The first-order valence-corrected chi connectivity index (χ1v) is 9.47. The molecular formula is C19H38N2. The maximum absolute atomic E-state index is 2.76. The van der Waals surface area contributed by atoms with E-state index in [1.165, 1.54) is 58.4 Å². The van der Waals surface area contributed by atoms with Crippen molar-refractivity contribution < 1.29 is 0 Å². The number of nitrogens with zero attached hydrogens (tertiary/aromatic N) is 2. The zero-order valence-corrected chi connectivity index (χ0v) is 15.1. The van der Waals surface area contributed by atoms with Crippen molar-refractivity contribution >= 4 is 0 Å². The van der Waals surface area contributed by atoms with Gasteiger partial charge >= 0.3 is 0 Å². The highest BCUT2D eigenvalue weighted by Crippen LogP contribution is 2.29. The van der Waals surface area contributed by atoms with E-state index in [9.17, 15) is 0 Å². The van der Waals surface area contributed by atoms with Crippen LogP contribution < -0.4 is 0 Å². The third-order valence-electron chi connectivity index (χ3n) is 6.40. The van der Waals surface area contributed by atoms with Crippen molar-refractivity contribution in [1.29, 1.82) is 0 Å². The van der Waals surface area contributed by atoms with Crippen molar-refractivity contribution in [2.45, 2.75) is 66.3 Å². The molecule has 1 unspecified atom stereocenters. The molecule has 2 rings (SSSR count). The number of hydrogen-bond acceptors (Lipinski definition) is 2. The molecule has 0 aliphatic carbocycles. The second kappa shape index (κ2) is 7.97. The van der Waals surface area contributed by atoms with E-state index in [0.717, 1.165) is 29.7 Å². The Morgan fingerprint density at radius 1 is 1.00 bits per heavy atom. The van der Waals surface area contributed by atoms with Gasteiger partial charge in [-0.1, -0.05) is 27.7 Å². The van der Waals surface area contributed by atoms with Gasteiger partial charge in [0.05, 0.1) is 0 Å². The third kappa shape index (κ3) is 4.69. The molecule has 0 saturated carbocycles. The van der Waals surface area contributed by atoms with E-state index in [1.54, 1.807) is 0 Å². The molecule has 0 amide bonds. The first-order chi connectivity index (χ1) is 10.0. The largest absolute Gasteiger partial charge is 0.303 e. The predicted molar refractivity (Wildman–Crippen MR) is 92.6 cm³/mol. The molecule has 0 spiro atoms. The van der Waals surface area contributed by atoms with Gasteiger partial charge < -0.3 is 9.80 Å². The maximum atomic E-state index is 2.76. The lowest BCUT2D eigenvalue weighted by Crippen LogP contribution is -2.47. The fraction of sp³-hybridized carbons (Fsp3) is 1.00. The Morgan fingerprint density at radius 3 is 2.19 bits per heavy atom. The normalized spacial score (nSPS) is 31.7. The fourth-order valence-electron chi connectivity index (χ4n) is 4.29. The maximum Gasteiger partial charge on any atom is 0.00644 e. The highest BCUT2D eigenvalue weighted by molar-refractivity contribution is 4.84. The van der Waals surface area contributed by atoms with Gasteiger partial charge in [0.2, 0.25) is 0 Å². The Morgan fingerprint density at radius 2 is 1.67 bits per heavy atom. The van der Waals surface area contributed by atoms with Gasteiger partial charge in [-0.15, -0.1) is 0 Å². The van der Waals surface area contributed by atoms with E-state index >= 15 is 0 Å². The van der Waals surface area contributed by atoms with E-state index in [1.807, 2.05) is 0 Å². The molecular weight excluding hydrogens is 256 g/mol. The Kier molecular flexibility index (Phi) is 6.55. The van der Waals surface area contributed by atoms with Crippen LogP contribution in [0.25, 0.3) is 0 Å². The zero-order valence-electron chi connectivity index (χ0n) is 15.1. The van der Waals surface area contributed by atoms with Gasteiger partial charge in [0, 0.05) is 19.1 Å². The van der Waals surface area contributed by atoms with Crippen LogP contribution in [0.3, 0.4) is 0 Å². The lowest BCUT2D eigenvalue weighted by Gasteiger charge is -2.43. The monoisotopic (exact) mass is 294 g/mol. The van der Waals surface area contributed by atoms with Crippen molar-refractivity contribution in [3.63, 3.8) is 0 Å². The average Bonchev–Trinajstić information content (AvgIpc) is 2.49. The van der Waals surface area contributed by atoms with Crippen LogP contribution in [0.4, 0.5) is 0 Å². The van der Waals surface area contributed by atoms with Crippen molar-refractivity contribution in [3.05, 3.63) is 0 Å². The molecule has 0 radical (unpaired) electrons. The van der Waals surface area contributed by atoms with E-state index < -0.39 is 0 Å². The molecule has 2 heteroatoms. The van der Waals surface area contributed by atoms with E-state index in [0.29, 0.717) is 0 Å². The van der Waals surface area contributed by atoms with Gasteiger partial charge in [0.25, 0.3) is 0 Å². The van der Waals surface area contributed by atoms with E-state index in [-0.39, 0.29) is 0 Å². The molecule has 0 aromatic carbocycles. The average molecular weight is 295 g/mol. The first-order valence-electron chi connectivity index (χ1n) is 9.47. The Labute approximate surface area is 133 Å². The van der Waals surface area contributed by atoms with Crippen molar-refractivity contribution in [1.82, 2.24) is 9.80 Å². The molecule has 2 fully saturated rings. The molecule has 2 saturated heterocycles. The van der Waals surface area contributed by atoms with Gasteiger partial charge in [-0.05, 0) is 75.9 Å². The highest BCUT2D eigenvalue weighted by atomic mass is 15.2. The lowest BCUT2D eigenvalue weighted by molar-refractivity contribution is 0.0588. The molecule has 3 atom stereocenters. The molecule has 2 heterocycles. The van der Waals surface area contributed by atoms with E-state index in [2.05, 4.69) is 44.4 Å². The summed E-state index contributed by atoms with van der Waals surface area (Å²) >= 11 is 0. The molecule has 0 aromatic rings. The van der Waals surface area contributed by atoms with Crippen LogP contribution in [-0.2, 0) is 0 Å². The van der Waals surface area contributed by atoms with Gasteiger partial charge in [-0.3, -0.25) is 0 Å². The van der Waals surface area contributed by atoms with Gasteiger partial charge in [0.15, 0.2) is 0 Å². The van der Waals surface area contributed by atoms with E-state index in [4.69, 9.17) is 0 Å². The second-order valence-electron chi connectivity index (χ2n) is 8.16. The minimum atomic E-state index is 0.773. The van der Waals surface area contributed by atoms with Crippen molar-refractivity contribution in [2.75, 3.05) is 32.7 Å². The molecule has 0 aromatic heterocycles. The molecule has 124 valence electrons. The second-order valence-corrected chi connectivity index (χ2v) is 8.16. The summed E-state index contributed by atoms with van der Waals surface area (Å²) < 4.78 is 0. The van der Waals surface area contributed by atoms with Crippen LogP contribution in [0.2, 0.25) is 0 Å². The minimum Gasteiger partial charge on any atom is -0.303 e. The van der Waals surface area contributed by atoms with Gasteiger partial charge in [-0.25, -0.2) is 0 Å². The van der Waals surface area contributed by atoms with Crippen LogP contribution in [0.1, 0.15) is 60.3 Å². The first kappa shape index (κ1) is 17.3. The molecule has 2 aliphatic heterocycles. The molecule has 0 bridgehead atoms. The van der Waals surface area contributed by atoms with Gasteiger partial charge in [-0.2, -0.15) is 0 Å². The van der Waals surface area contributed by atoms with Crippen LogP contribution in [0, 0.1) is 23.7 Å².